The Hall–Kier alpha value is -1.16. The van der Waals surface area contributed by atoms with Crippen LogP contribution in [0.15, 0.2) is 12.2 Å². The van der Waals surface area contributed by atoms with Crippen molar-refractivity contribution in [3.63, 3.8) is 0 Å². The zero-order valence-electron chi connectivity index (χ0n) is 12.0. The summed E-state index contributed by atoms with van der Waals surface area (Å²) < 4.78 is 5.30. The van der Waals surface area contributed by atoms with Gasteiger partial charge in [-0.2, -0.15) is 0 Å². The van der Waals surface area contributed by atoms with Crippen LogP contribution < -0.4 is 5.32 Å². The largest absolute Gasteiger partial charge is 0.451 e. The third kappa shape index (κ3) is 5.15. The lowest BCUT2D eigenvalue weighted by Crippen LogP contribution is -2.40. The van der Waals surface area contributed by atoms with Crippen LogP contribution in [0.25, 0.3) is 0 Å². The van der Waals surface area contributed by atoms with Crippen LogP contribution in [-0.2, 0) is 14.3 Å². The van der Waals surface area contributed by atoms with Crippen molar-refractivity contribution in [2.45, 2.75) is 64.5 Å². The normalized spacial score (nSPS) is 20.0. The number of hydrogen-bond donors (Lipinski definition) is 1. The van der Waals surface area contributed by atoms with Gasteiger partial charge < -0.3 is 10.1 Å². The molecule has 0 aliphatic carbocycles. The Morgan fingerprint density at radius 3 is 2.68 bits per heavy atom. The lowest BCUT2D eigenvalue weighted by Gasteiger charge is -2.20. The summed E-state index contributed by atoms with van der Waals surface area (Å²) in [6.07, 6.45) is 4.88. The van der Waals surface area contributed by atoms with Gasteiger partial charge in [0, 0.05) is 5.57 Å². The average Bonchev–Trinajstić information content (AvgIpc) is 2.90. The molecule has 0 aromatic carbocycles. The van der Waals surface area contributed by atoms with Gasteiger partial charge in [-0.3, -0.25) is 4.79 Å². The van der Waals surface area contributed by atoms with Crippen LogP contribution >= 0.6 is 0 Å². The molecule has 4 nitrogen and oxygen atoms in total. The minimum atomic E-state index is -0.619. The molecule has 1 aliphatic rings. The molecule has 0 spiro atoms. The molecule has 0 radical (unpaired) electrons. The smallest absolute Gasteiger partial charge is 0.333 e. The standard InChI is InChI=1S/C15H25NO3/c1-4-5-6-9-13(19-15(18)11(2)3)14(17)12-8-7-10-16-12/h12-13,16H,2,4-10H2,1,3H3. The Morgan fingerprint density at radius 1 is 1.42 bits per heavy atom. The van der Waals surface area contributed by atoms with E-state index >= 15 is 0 Å². The molecule has 0 saturated carbocycles. The van der Waals surface area contributed by atoms with Gasteiger partial charge in [-0.15, -0.1) is 0 Å². The number of ether oxygens (including phenoxy) is 1. The van der Waals surface area contributed by atoms with Crippen LogP contribution in [0, 0.1) is 0 Å². The van der Waals surface area contributed by atoms with Crippen LogP contribution in [0.4, 0.5) is 0 Å². The molecular weight excluding hydrogens is 242 g/mol. The molecule has 108 valence electrons. The van der Waals surface area contributed by atoms with E-state index in [1.165, 1.54) is 0 Å². The molecule has 2 atom stereocenters. The second-order valence-corrected chi connectivity index (χ2v) is 5.22. The minimum Gasteiger partial charge on any atom is -0.451 e. The Morgan fingerprint density at radius 2 is 2.16 bits per heavy atom. The van der Waals surface area contributed by atoms with Crippen molar-refractivity contribution in [2.24, 2.45) is 0 Å². The van der Waals surface area contributed by atoms with Gasteiger partial charge in [0.25, 0.3) is 0 Å². The lowest BCUT2D eigenvalue weighted by molar-refractivity contribution is -0.152. The first-order chi connectivity index (χ1) is 9.06. The van der Waals surface area contributed by atoms with Crippen molar-refractivity contribution in [1.29, 1.82) is 0 Å². The average molecular weight is 267 g/mol. The van der Waals surface area contributed by atoms with Crippen molar-refractivity contribution < 1.29 is 14.3 Å². The topological polar surface area (TPSA) is 55.4 Å². The van der Waals surface area contributed by atoms with Crippen LogP contribution in [0.2, 0.25) is 0 Å². The van der Waals surface area contributed by atoms with Gasteiger partial charge in [-0.1, -0.05) is 26.3 Å². The molecule has 1 saturated heterocycles. The number of ketones is 1. The fraction of sp³-hybridized carbons (Fsp3) is 0.733. The fourth-order valence-corrected chi connectivity index (χ4v) is 2.22. The van der Waals surface area contributed by atoms with Crippen molar-refractivity contribution in [2.75, 3.05) is 6.54 Å². The van der Waals surface area contributed by atoms with E-state index in [2.05, 4.69) is 18.8 Å². The predicted molar refractivity (Wildman–Crippen MR) is 74.9 cm³/mol. The second-order valence-electron chi connectivity index (χ2n) is 5.22. The van der Waals surface area contributed by atoms with Crippen molar-refractivity contribution >= 4 is 11.8 Å². The lowest BCUT2D eigenvalue weighted by atomic mass is 10.0. The molecule has 19 heavy (non-hydrogen) atoms. The van der Waals surface area contributed by atoms with Gasteiger partial charge in [0.1, 0.15) is 0 Å². The number of nitrogens with one attached hydrogen (secondary N) is 1. The zero-order chi connectivity index (χ0) is 14.3. The molecule has 2 unspecified atom stereocenters. The summed E-state index contributed by atoms with van der Waals surface area (Å²) >= 11 is 0. The zero-order valence-corrected chi connectivity index (χ0v) is 12.0. The Labute approximate surface area is 115 Å². The summed E-state index contributed by atoms with van der Waals surface area (Å²) in [7, 11) is 0. The molecule has 1 N–H and O–H groups in total. The first kappa shape index (κ1) is 15.9. The minimum absolute atomic E-state index is 0.0169. The number of rotatable bonds is 8. The highest BCUT2D eigenvalue weighted by Crippen LogP contribution is 2.16. The molecule has 0 aromatic rings. The summed E-state index contributed by atoms with van der Waals surface area (Å²) in [5.41, 5.74) is 0.340. The summed E-state index contributed by atoms with van der Waals surface area (Å²) in [5, 5.41) is 3.17. The Bertz CT molecular complexity index is 332. The highest BCUT2D eigenvalue weighted by Gasteiger charge is 2.31. The van der Waals surface area contributed by atoms with E-state index in [9.17, 15) is 9.59 Å². The Kier molecular flexibility index (Phi) is 6.78. The molecule has 4 heteroatoms. The van der Waals surface area contributed by atoms with E-state index in [-0.39, 0.29) is 11.8 Å². The number of Topliss-reactive ketones (excluding diaryl/α,β-unsaturated/α-hetero) is 1. The molecule has 0 aromatic heterocycles. The highest BCUT2D eigenvalue weighted by molar-refractivity contribution is 5.93. The first-order valence-corrected chi connectivity index (χ1v) is 7.19. The third-order valence-electron chi connectivity index (χ3n) is 3.39. The van der Waals surface area contributed by atoms with Gasteiger partial charge in [0.2, 0.25) is 0 Å². The third-order valence-corrected chi connectivity index (χ3v) is 3.39. The maximum Gasteiger partial charge on any atom is 0.333 e. The second kappa shape index (κ2) is 8.10. The van der Waals surface area contributed by atoms with E-state index in [0.29, 0.717) is 12.0 Å². The van der Waals surface area contributed by atoms with Crippen molar-refractivity contribution in [1.82, 2.24) is 5.32 Å². The monoisotopic (exact) mass is 267 g/mol. The number of hydrogen-bond acceptors (Lipinski definition) is 4. The molecule has 1 rings (SSSR count). The summed E-state index contributed by atoms with van der Waals surface area (Å²) in [6, 6.07) is -0.149. The quantitative estimate of drug-likeness (QED) is 0.417. The maximum atomic E-state index is 12.3. The number of unbranched alkanes of at least 4 members (excludes halogenated alkanes) is 2. The number of carbonyl (C=O) groups is 2. The molecule has 1 aliphatic heterocycles. The molecule has 0 amide bonds. The molecular formula is C15H25NO3. The van der Waals surface area contributed by atoms with E-state index in [4.69, 9.17) is 4.74 Å². The van der Waals surface area contributed by atoms with Gasteiger partial charge >= 0.3 is 5.97 Å². The SMILES string of the molecule is C=C(C)C(=O)OC(CCCCC)C(=O)C1CCCN1. The predicted octanol–water partition coefficient (Wildman–Crippen LogP) is 2.38. The molecule has 0 bridgehead atoms. The van der Waals surface area contributed by atoms with Crippen LogP contribution in [0.5, 0.6) is 0 Å². The van der Waals surface area contributed by atoms with E-state index in [1.807, 2.05) is 0 Å². The molecule has 1 heterocycles. The van der Waals surface area contributed by atoms with E-state index < -0.39 is 12.1 Å². The summed E-state index contributed by atoms with van der Waals surface area (Å²) in [6.45, 7) is 8.13. The van der Waals surface area contributed by atoms with E-state index in [0.717, 1.165) is 38.6 Å². The summed E-state index contributed by atoms with van der Waals surface area (Å²) in [4.78, 5) is 23.9. The van der Waals surface area contributed by atoms with Crippen LogP contribution in [0.3, 0.4) is 0 Å². The van der Waals surface area contributed by atoms with E-state index in [1.54, 1.807) is 6.92 Å². The number of carbonyl (C=O) groups excluding carboxylic acids is 2. The Balaban J connectivity index is 2.58. The van der Waals surface area contributed by atoms with Gasteiger partial charge in [0.05, 0.1) is 6.04 Å². The molecule has 1 fully saturated rings. The van der Waals surface area contributed by atoms with Crippen molar-refractivity contribution in [3.05, 3.63) is 12.2 Å². The van der Waals surface area contributed by atoms with Gasteiger partial charge in [0.15, 0.2) is 11.9 Å². The maximum absolute atomic E-state index is 12.3. The van der Waals surface area contributed by atoms with Gasteiger partial charge in [-0.25, -0.2) is 4.79 Å². The summed E-state index contributed by atoms with van der Waals surface area (Å²) in [5.74, 6) is -0.448. The van der Waals surface area contributed by atoms with Gasteiger partial charge in [-0.05, 0) is 39.2 Å². The van der Waals surface area contributed by atoms with Crippen LogP contribution in [0.1, 0.15) is 52.4 Å². The van der Waals surface area contributed by atoms with Crippen LogP contribution in [-0.4, -0.2) is 30.4 Å². The highest BCUT2D eigenvalue weighted by atomic mass is 16.5. The first-order valence-electron chi connectivity index (χ1n) is 7.19. The number of esters is 1. The fourth-order valence-electron chi connectivity index (χ4n) is 2.22. The van der Waals surface area contributed by atoms with Crippen molar-refractivity contribution in [3.8, 4) is 0 Å².